The standard InChI is InChI=1S/C27H20Cl3FN4O5/c28-18-6-15(3-4-17(18)27(38)11-35(12-27)25-21(31)5-14(7-33-25)26(36)37)39-10-16-23(34-40-24(16)13-1-2-13)22-19(29)8-32-9-20(22)30/h3-9,13,38H,1-2,10-12H2,(H,36,37). The molecule has 3 aromatic heterocycles. The minimum absolute atomic E-state index is 0.0194. The SMILES string of the molecule is O=C(O)c1cnc(N2CC(O)(c3ccc(OCc4c(-c5c(Cl)cncc5Cl)noc4C4CC4)cc3Cl)C2)c(F)c1. The van der Waals surface area contributed by atoms with Crippen molar-refractivity contribution in [3.8, 4) is 17.0 Å². The highest BCUT2D eigenvalue weighted by Gasteiger charge is 2.45. The first-order valence-electron chi connectivity index (χ1n) is 12.2. The van der Waals surface area contributed by atoms with Crippen LogP contribution in [0.15, 0.2) is 47.4 Å². The molecule has 2 fully saturated rings. The van der Waals surface area contributed by atoms with E-state index in [-0.39, 0.29) is 42.0 Å². The molecule has 4 aromatic rings. The molecular formula is C27H20Cl3FN4O5. The highest BCUT2D eigenvalue weighted by molar-refractivity contribution is 6.38. The highest BCUT2D eigenvalue weighted by atomic mass is 35.5. The summed E-state index contributed by atoms with van der Waals surface area (Å²) in [7, 11) is 0. The summed E-state index contributed by atoms with van der Waals surface area (Å²) >= 11 is 19.3. The fourth-order valence-electron chi connectivity index (χ4n) is 4.77. The molecule has 40 heavy (non-hydrogen) atoms. The number of carboxylic acid groups (broad SMARTS) is 1. The number of halogens is 4. The van der Waals surface area contributed by atoms with E-state index in [0.717, 1.165) is 36.4 Å². The Bertz CT molecular complexity index is 1620. The van der Waals surface area contributed by atoms with Gasteiger partial charge in [0.05, 0.1) is 39.3 Å². The van der Waals surface area contributed by atoms with Gasteiger partial charge in [-0.1, -0.05) is 46.0 Å². The van der Waals surface area contributed by atoms with Crippen LogP contribution >= 0.6 is 34.8 Å². The molecule has 9 nitrogen and oxygen atoms in total. The number of carbonyl (C=O) groups is 1. The molecular weight excluding hydrogens is 586 g/mol. The summed E-state index contributed by atoms with van der Waals surface area (Å²) in [5.41, 5.74) is 0.564. The third-order valence-electron chi connectivity index (χ3n) is 6.96. The van der Waals surface area contributed by atoms with Crippen LogP contribution in [0.1, 0.15) is 46.0 Å². The van der Waals surface area contributed by atoms with Crippen LogP contribution in [0.25, 0.3) is 11.3 Å². The Hall–Kier alpha value is -3.44. The number of rotatable bonds is 8. The van der Waals surface area contributed by atoms with E-state index in [4.69, 9.17) is 49.2 Å². The first kappa shape index (κ1) is 26.8. The second-order valence-corrected chi connectivity index (χ2v) is 11.0. The van der Waals surface area contributed by atoms with Crippen LogP contribution in [0.2, 0.25) is 15.1 Å². The molecule has 6 rings (SSSR count). The van der Waals surface area contributed by atoms with Gasteiger partial charge in [0.1, 0.15) is 29.4 Å². The number of hydrogen-bond acceptors (Lipinski definition) is 8. The first-order chi connectivity index (χ1) is 19.1. The van der Waals surface area contributed by atoms with Gasteiger partial charge in [-0.05, 0) is 31.0 Å². The largest absolute Gasteiger partial charge is 0.489 e. The van der Waals surface area contributed by atoms with Crippen LogP contribution in [0, 0.1) is 5.82 Å². The van der Waals surface area contributed by atoms with E-state index < -0.39 is 17.4 Å². The molecule has 0 bridgehead atoms. The van der Waals surface area contributed by atoms with Crippen LogP contribution < -0.4 is 9.64 Å². The van der Waals surface area contributed by atoms with Crippen LogP contribution in [0.4, 0.5) is 10.2 Å². The zero-order valence-electron chi connectivity index (χ0n) is 20.6. The molecule has 0 radical (unpaired) electrons. The number of aromatic carboxylic acids is 1. The van der Waals surface area contributed by atoms with Crippen LogP contribution in [-0.4, -0.2) is 44.4 Å². The maximum Gasteiger partial charge on any atom is 0.337 e. The molecule has 2 N–H and O–H groups in total. The average Bonchev–Trinajstić information content (AvgIpc) is 3.66. The van der Waals surface area contributed by atoms with Crippen molar-refractivity contribution in [2.45, 2.75) is 31.0 Å². The number of nitrogens with zero attached hydrogens (tertiary/aromatic N) is 4. The molecule has 13 heteroatoms. The van der Waals surface area contributed by atoms with Crippen molar-refractivity contribution in [1.29, 1.82) is 0 Å². The number of carboxylic acids is 1. The summed E-state index contributed by atoms with van der Waals surface area (Å²) in [5, 5.41) is 25.4. The van der Waals surface area contributed by atoms with Crippen molar-refractivity contribution in [3.63, 3.8) is 0 Å². The molecule has 1 aliphatic carbocycles. The normalized spacial score (nSPS) is 16.1. The van der Waals surface area contributed by atoms with Gasteiger partial charge in [0.2, 0.25) is 0 Å². The molecule has 0 amide bonds. The van der Waals surface area contributed by atoms with Crippen molar-refractivity contribution in [2.24, 2.45) is 0 Å². The molecule has 0 unspecified atom stereocenters. The lowest BCUT2D eigenvalue weighted by molar-refractivity contribution is 0.00670. The number of hydrogen-bond donors (Lipinski definition) is 2. The Morgan fingerprint density at radius 1 is 1.12 bits per heavy atom. The predicted molar refractivity (Wildman–Crippen MR) is 145 cm³/mol. The minimum Gasteiger partial charge on any atom is -0.489 e. The van der Waals surface area contributed by atoms with Crippen LogP contribution in [-0.2, 0) is 12.2 Å². The minimum atomic E-state index is -1.36. The molecule has 0 atom stereocenters. The number of pyridine rings is 2. The number of benzene rings is 1. The van der Waals surface area contributed by atoms with Gasteiger partial charge in [0.15, 0.2) is 11.6 Å². The molecule has 1 saturated carbocycles. The molecule has 4 heterocycles. The highest BCUT2D eigenvalue weighted by Crippen LogP contribution is 2.46. The molecule has 2 aliphatic rings. The maximum atomic E-state index is 14.4. The summed E-state index contributed by atoms with van der Waals surface area (Å²) in [6.07, 6.45) is 6.01. The zero-order chi connectivity index (χ0) is 28.2. The van der Waals surface area contributed by atoms with Gasteiger partial charge in [-0.3, -0.25) is 4.98 Å². The quantitative estimate of drug-likeness (QED) is 0.246. The lowest BCUT2D eigenvalue weighted by atomic mass is 9.86. The van der Waals surface area contributed by atoms with Crippen molar-refractivity contribution >= 4 is 46.6 Å². The Balaban J connectivity index is 1.19. The van der Waals surface area contributed by atoms with Gasteiger partial charge >= 0.3 is 5.97 Å². The van der Waals surface area contributed by atoms with Gasteiger partial charge in [0.25, 0.3) is 0 Å². The molecule has 1 aromatic carbocycles. The second-order valence-electron chi connectivity index (χ2n) is 9.78. The molecule has 0 spiro atoms. The van der Waals surface area contributed by atoms with Crippen molar-refractivity contribution in [2.75, 3.05) is 18.0 Å². The van der Waals surface area contributed by atoms with Gasteiger partial charge in [0, 0.05) is 35.6 Å². The predicted octanol–water partition coefficient (Wildman–Crippen LogP) is 6.09. The van der Waals surface area contributed by atoms with Gasteiger partial charge in [-0.25, -0.2) is 14.2 Å². The van der Waals surface area contributed by atoms with Crippen molar-refractivity contribution in [3.05, 3.63) is 86.2 Å². The Morgan fingerprint density at radius 2 is 1.85 bits per heavy atom. The van der Waals surface area contributed by atoms with E-state index in [1.165, 1.54) is 17.3 Å². The van der Waals surface area contributed by atoms with E-state index in [0.29, 0.717) is 32.6 Å². The number of β-amino-alcohol motifs (C(OH)–C–C–N with tert-alkyl or cyclic N) is 1. The number of aromatic nitrogens is 3. The Kier molecular flexibility index (Phi) is 6.82. The number of aliphatic hydroxyl groups is 1. The summed E-state index contributed by atoms with van der Waals surface area (Å²) in [5.74, 6) is -0.683. The van der Waals surface area contributed by atoms with E-state index in [9.17, 15) is 14.3 Å². The Labute approximate surface area is 242 Å². The summed E-state index contributed by atoms with van der Waals surface area (Å²) in [6.45, 7) is 0.154. The lowest BCUT2D eigenvalue weighted by Crippen LogP contribution is -2.60. The average molecular weight is 606 g/mol. The van der Waals surface area contributed by atoms with Crippen molar-refractivity contribution in [1.82, 2.24) is 15.1 Å². The third kappa shape index (κ3) is 4.85. The van der Waals surface area contributed by atoms with Gasteiger partial charge in [-0.2, -0.15) is 0 Å². The summed E-state index contributed by atoms with van der Waals surface area (Å²) < 4.78 is 26.1. The topological polar surface area (TPSA) is 122 Å². The van der Waals surface area contributed by atoms with Crippen LogP contribution in [0.3, 0.4) is 0 Å². The molecule has 1 saturated heterocycles. The lowest BCUT2D eigenvalue weighted by Gasteiger charge is -2.47. The van der Waals surface area contributed by atoms with Gasteiger partial charge < -0.3 is 24.4 Å². The smallest absolute Gasteiger partial charge is 0.337 e. The van der Waals surface area contributed by atoms with Crippen LogP contribution in [0.5, 0.6) is 5.75 Å². The van der Waals surface area contributed by atoms with Gasteiger partial charge in [-0.15, -0.1) is 0 Å². The number of ether oxygens (including phenoxy) is 1. The third-order valence-corrected chi connectivity index (χ3v) is 7.84. The zero-order valence-corrected chi connectivity index (χ0v) is 22.8. The van der Waals surface area contributed by atoms with E-state index in [2.05, 4.69) is 15.1 Å². The van der Waals surface area contributed by atoms with E-state index >= 15 is 0 Å². The summed E-state index contributed by atoms with van der Waals surface area (Å²) in [4.78, 5) is 20.4. The fraction of sp³-hybridized carbons (Fsp3) is 0.259. The molecule has 206 valence electrons. The molecule has 1 aliphatic heterocycles. The first-order valence-corrected chi connectivity index (χ1v) is 13.3. The maximum absolute atomic E-state index is 14.4. The monoisotopic (exact) mass is 604 g/mol. The number of anilines is 1. The van der Waals surface area contributed by atoms with E-state index in [1.807, 2.05) is 0 Å². The Morgan fingerprint density at radius 3 is 2.48 bits per heavy atom. The fourth-order valence-corrected chi connectivity index (χ4v) is 5.66. The summed E-state index contributed by atoms with van der Waals surface area (Å²) in [6, 6.07) is 5.82. The second kappa shape index (κ2) is 10.2. The van der Waals surface area contributed by atoms with E-state index in [1.54, 1.807) is 18.2 Å². The van der Waals surface area contributed by atoms with Crippen molar-refractivity contribution < 1.29 is 28.7 Å².